The summed E-state index contributed by atoms with van der Waals surface area (Å²) in [5, 5.41) is 3.61. The van der Waals surface area contributed by atoms with Crippen molar-refractivity contribution in [2.45, 2.75) is 57.6 Å². The molecule has 1 saturated carbocycles. The molecule has 1 unspecified atom stereocenters. The van der Waals surface area contributed by atoms with E-state index < -0.39 is 0 Å². The second kappa shape index (κ2) is 5.66. The van der Waals surface area contributed by atoms with Gasteiger partial charge >= 0.3 is 0 Å². The van der Waals surface area contributed by atoms with Crippen LogP contribution in [0.5, 0.6) is 0 Å². The second-order valence-electron chi connectivity index (χ2n) is 4.79. The maximum Gasteiger partial charge on any atom is 0.0834 e. The lowest BCUT2D eigenvalue weighted by Gasteiger charge is -2.47. The van der Waals surface area contributed by atoms with E-state index in [0.717, 1.165) is 13.0 Å². The topological polar surface area (TPSA) is 21.3 Å². The normalized spacial score (nSPS) is 20.7. The van der Waals surface area contributed by atoms with Crippen molar-refractivity contribution in [3.8, 4) is 0 Å². The molecule has 0 saturated heterocycles. The molecule has 15 heavy (non-hydrogen) atoms. The van der Waals surface area contributed by atoms with Gasteiger partial charge < -0.3 is 10.1 Å². The molecule has 1 aliphatic carbocycles. The average Bonchev–Trinajstić information content (AvgIpc) is 2.12. The van der Waals surface area contributed by atoms with E-state index in [1.165, 1.54) is 31.3 Å². The van der Waals surface area contributed by atoms with E-state index >= 15 is 0 Å². The highest BCUT2D eigenvalue weighted by molar-refractivity contribution is 5.05. The first-order valence-electron chi connectivity index (χ1n) is 6.07. The molecular formula is C13H25NO. The summed E-state index contributed by atoms with van der Waals surface area (Å²) in [6.07, 6.45) is 5.89. The molecule has 0 bridgehead atoms. The van der Waals surface area contributed by atoms with Crippen LogP contribution < -0.4 is 5.32 Å². The zero-order valence-corrected chi connectivity index (χ0v) is 10.4. The lowest BCUT2D eigenvalue weighted by Crippen LogP contribution is -2.56. The van der Waals surface area contributed by atoms with Gasteiger partial charge in [-0.2, -0.15) is 0 Å². The van der Waals surface area contributed by atoms with Crippen molar-refractivity contribution in [3.05, 3.63) is 12.2 Å². The Morgan fingerprint density at radius 1 is 1.53 bits per heavy atom. The highest BCUT2D eigenvalue weighted by Crippen LogP contribution is 2.39. The van der Waals surface area contributed by atoms with Gasteiger partial charge in [0.05, 0.1) is 5.60 Å². The molecule has 0 aromatic carbocycles. The summed E-state index contributed by atoms with van der Waals surface area (Å²) >= 11 is 0. The minimum Gasteiger partial charge on any atom is -0.377 e. The maximum atomic E-state index is 5.73. The van der Waals surface area contributed by atoms with E-state index in [2.05, 4.69) is 25.7 Å². The molecular weight excluding hydrogens is 186 g/mol. The predicted octanol–water partition coefficient (Wildman–Crippen LogP) is 2.89. The largest absolute Gasteiger partial charge is 0.377 e. The van der Waals surface area contributed by atoms with Crippen LogP contribution in [-0.4, -0.2) is 25.3 Å². The molecule has 1 fully saturated rings. The van der Waals surface area contributed by atoms with E-state index in [4.69, 9.17) is 4.74 Å². The van der Waals surface area contributed by atoms with Crippen LogP contribution in [0.4, 0.5) is 0 Å². The Bertz CT molecular complexity index is 203. The van der Waals surface area contributed by atoms with Gasteiger partial charge in [-0.25, -0.2) is 0 Å². The number of hydrogen-bond acceptors (Lipinski definition) is 2. The Balaban J connectivity index is 2.56. The molecule has 2 heteroatoms. The number of hydrogen-bond donors (Lipinski definition) is 1. The summed E-state index contributed by atoms with van der Waals surface area (Å²) < 4.78 is 5.73. The van der Waals surface area contributed by atoms with E-state index in [0.29, 0.717) is 6.04 Å². The van der Waals surface area contributed by atoms with Crippen LogP contribution in [0.3, 0.4) is 0 Å². The molecule has 0 radical (unpaired) electrons. The molecule has 2 nitrogen and oxygen atoms in total. The number of rotatable bonds is 7. The van der Waals surface area contributed by atoms with Gasteiger partial charge in [-0.05, 0) is 45.6 Å². The van der Waals surface area contributed by atoms with E-state index in [1.54, 1.807) is 0 Å². The molecule has 1 atom stereocenters. The zero-order chi connectivity index (χ0) is 11.3. The predicted molar refractivity (Wildman–Crippen MR) is 65.1 cm³/mol. The van der Waals surface area contributed by atoms with Crippen molar-refractivity contribution >= 4 is 0 Å². The Morgan fingerprint density at radius 2 is 2.20 bits per heavy atom. The third-order valence-electron chi connectivity index (χ3n) is 3.43. The molecule has 1 aliphatic rings. The minimum absolute atomic E-state index is 0.0914. The van der Waals surface area contributed by atoms with Crippen molar-refractivity contribution in [2.24, 2.45) is 0 Å². The van der Waals surface area contributed by atoms with Crippen LogP contribution in [0.15, 0.2) is 12.2 Å². The van der Waals surface area contributed by atoms with Gasteiger partial charge in [-0.15, -0.1) is 6.58 Å². The molecule has 1 N–H and O–H groups in total. The summed E-state index contributed by atoms with van der Waals surface area (Å²) in [5.41, 5.74) is 1.33. The fourth-order valence-corrected chi connectivity index (χ4v) is 2.33. The molecule has 0 aromatic rings. The lowest BCUT2D eigenvalue weighted by molar-refractivity contribution is -0.0980. The van der Waals surface area contributed by atoms with Gasteiger partial charge in [0.1, 0.15) is 0 Å². The highest BCUT2D eigenvalue weighted by Gasteiger charge is 2.43. The molecule has 0 aliphatic heterocycles. The quantitative estimate of drug-likeness (QED) is 0.654. The standard InChI is InChI=1S/C13H25NO/c1-5-9-14-12(10-11(2)3)13(15-4)7-6-8-13/h12,14H,2,5-10H2,1,3-4H3. The third-order valence-corrected chi connectivity index (χ3v) is 3.43. The summed E-state index contributed by atoms with van der Waals surface area (Å²) in [6.45, 7) is 9.39. The fraction of sp³-hybridized carbons (Fsp3) is 0.846. The van der Waals surface area contributed by atoms with E-state index in [-0.39, 0.29) is 5.60 Å². The van der Waals surface area contributed by atoms with Gasteiger partial charge in [0.15, 0.2) is 0 Å². The van der Waals surface area contributed by atoms with Crippen LogP contribution in [0, 0.1) is 0 Å². The van der Waals surface area contributed by atoms with Crippen molar-refractivity contribution in [2.75, 3.05) is 13.7 Å². The summed E-state index contributed by atoms with van der Waals surface area (Å²) in [5.74, 6) is 0. The monoisotopic (exact) mass is 211 g/mol. The smallest absolute Gasteiger partial charge is 0.0834 e. The Kier molecular flexibility index (Phi) is 4.81. The number of ether oxygens (including phenoxy) is 1. The minimum atomic E-state index is 0.0914. The van der Waals surface area contributed by atoms with Crippen LogP contribution in [0.2, 0.25) is 0 Å². The fourth-order valence-electron chi connectivity index (χ4n) is 2.33. The first-order chi connectivity index (χ1) is 7.14. The van der Waals surface area contributed by atoms with Crippen LogP contribution in [0.25, 0.3) is 0 Å². The van der Waals surface area contributed by atoms with E-state index in [9.17, 15) is 0 Å². The Labute approximate surface area is 94.1 Å². The zero-order valence-electron chi connectivity index (χ0n) is 10.4. The van der Waals surface area contributed by atoms with Gasteiger partial charge in [0.2, 0.25) is 0 Å². The molecule has 1 rings (SSSR count). The third kappa shape index (κ3) is 3.05. The van der Waals surface area contributed by atoms with Gasteiger partial charge in [-0.3, -0.25) is 0 Å². The summed E-state index contributed by atoms with van der Waals surface area (Å²) in [7, 11) is 1.85. The van der Waals surface area contributed by atoms with E-state index in [1.807, 2.05) is 7.11 Å². The molecule has 0 aromatic heterocycles. The van der Waals surface area contributed by atoms with Gasteiger partial charge in [-0.1, -0.05) is 12.5 Å². The summed E-state index contributed by atoms with van der Waals surface area (Å²) in [6, 6.07) is 0.452. The number of nitrogens with one attached hydrogen (secondary N) is 1. The van der Waals surface area contributed by atoms with Crippen LogP contribution in [0.1, 0.15) is 46.0 Å². The first-order valence-corrected chi connectivity index (χ1v) is 6.07. The van der Waals surface area contributed by atoms with Crippen molar-refractivity contribution < 1.29 is 4.74 Å². The number of methoxy groups -OCH3 is 1. The summed E-state index contributed by atoms with van der Waals surface area (Å²) in [4.78, 5) is 0. The average molecular weight is 211 g/mol. The second-order valence-corrected chi connectivity index (χ2v) is 4.79. The Morgan fingerprint density at radius 3 is 2.53 bits per heavy atom. The van der Waals surface area contributed by atoms with Crippen LogP contribution >= 0.6 is 0 Å². The molecule has 0 amide bonds. The van der Waals surface area contributed by atoms with Crippen molar-refractivity contribution in [3.63, 3.8) is 0 Å². The van der Waals surface area contributed by atoms with Crippen molar-refractivity contribution in [1.82, 2.24) is 5.32 Å². The first kappa shape index (κ1) is 12.7. The lowest BCUT2D eigenvalue weighted by atomic mass is 9.72. The Hall–Kier alpha value is -0.340. The van der Waals surface area contributed by atoms with Gasteiger partial charge in [0, 0.05) is 13.2 Å². The van der Waals surface area contributed by atoms with Gasteiger partial charge in [0.25, 0.3) is 0 Å². The molecule has 0 spiro atoms. The van der Waals surface area contributed by atoms with Crippen LogP contribution in [-0.2, 0) is 4.74 Å². The highest BCUT2D eigenvalue weighted by atomic mass is 16.5. The molecule has 0 heterocycles. The maximum absolute atomic E-state index is 5.73. The molecule has 88 valence electrons. The SMILES string of the molecule is C=C(C)CC(NCCC)C1(OC)CCC1. The van der Waals surface area contributed by atoms with Crippen molar-refractivity contribution in [1.29, 1.82) is 0 Å².